The lowest BCUT2D eigenvalue weighted by molar-refractivity contribution is -0.127. The van der Waals surface area contributed by atoms with Crippen molar-refractivity contribution in [1.82, 2.24) is 14.5 Å². The van der Waals surface area contributed by atoms with Crippen LogP contribution >= 0.6 is 11.6 Å². The van der Waals surface area contributed by atoms with Gasteiger partial charge >= 0.3 is 0 Å². The van der Waals surface area contributed by atoms with Gasteiger partial charge in [-0.3, -0.25) is 9.59 Å². The molecule has 2 aliphatic heterocycles. The maximum atomic E-state index is 13.1. The largest absolute Gasteiger partial charge is 0.373 e. The second-order valence-corrected chi connectivity index (χ2v) is 10.1. The molecule has 1 aromatic rings. The summed E-state index contributed by atoms with van der Waals surface area (Å²) >= 11 is 6.18. The predicted octanol–water partition coefficient (Wildman–Crippen LogP) is 1.88. The summed E-state index contributed by atoms with van der Waals surface area (Å²) in [5.41, 5.74) is 0.226. The van der Waals surface area contributed by atoms with Crippen molar-refractivity contribution in [2.45, 2.75) is 50.2 Å². The van der Waals surface area contributed by atoms with Crippen molar-refractivity contribution < 1.29 is 22.7 Å². The number of morpholine rings is 1. The Morgan fingerprint density at radius 3 is 2.60 bits per heavy atom. The predicted molar refractivity (Wildman–Crippen MR) is 113 cm³/mol. The Hall–Kier alpha value is -1.68. The zero-order chi connectivity index (χ0) is 21.9. The van der Waals surface area contributed by atoms with Crippen LogP contribution in [0.3, 0.4) is 0 Å². The maximum absolute atomic E-state index is 13.1. The van der Waals surface area contributed by atoms with E-state index in [1.807, 2.05) is 13.8 Å². The molecule has 30 heavy (non-hydrogen) atoms. The number of carbonyl (C=O) groups is 2. The van der Waals surface area contributed by atoms with E-state index >= 15 is 0 Å². The molecule has 1 N–H and O–H groups in total. The van der Waals surface area contributed by atoms with Crippen molar-refractivity contribution in [3.8, 4) is 0 Å². The Labute approximate surface area is 182 Å². The van der Waals surface area contributed by atoms with Gasteiger partial charge in [-0.1, -0.05) is 11.6 Å². The molecule has 0 aliphatic carbocycles. The number of rotatable bonds is 7. The first-order chi connectivity index (χ1) is 14.2. The first kappa shape index (κ1) is 23.0. The van der Waals surface area contributed by atoms with Crippen LogP contribution in [-0.2, 0) is 19.6 Å². The molecule has 2 atom stereocenters. The molecule has 2 fully saturated rings. The molecule has 10 heteroatoms. The zero-order valence-electron chi connectivity index (χ0n) is 17.3. The molecular formula is C20H28ClN3O5S. The van der Waals surface area contributed by atoms with E-state index in [1.54, 1.807) is 4.90 Å². The van der Waals surface area contributed by atoms with E-state index in [1.165, 1.54) is 22.5 Å². The minimum absolute atomic E-state index is 0.0749. The van der Waals surface area contributed by atoms with Gasteiger partial charge < -0.3 is 15.0 Å². The van der Waals surface area contributed by atoms with E-state index in [2.05, 4.69) is 5.32 Å². The molecule has 1 aromatic carbocycles. The van der Waals surface area contributed by atoms with E-state index in [0.717, 1.165) is 13.0 Å². The number of amides is 2. The Bertz CT molecular complexity index is 898. The van der Waals surface area contributed by atoms with Crippen LogP contribution in [0.15, 0.2) is 23.1 Å². The highest BCUT2D eigenvalue weighted by molar-refractivity contribution is 7.89. The van der Waals surface area contributed by atoms with Crippen molar-refractivity contribution in [3.05, 3.63) is 28.8 Å². The number of likely N-dealkylation sites (tertiary alicyclic amines) is 1. The topological polar surface area (TPSA) is 96.0 Å². The van der Waals surface area contributed by atoms with Crippen molar-refractivity contribution in [2.24, 2.45) is 0 Å². The van der Waals surface area contributed by atoms with Crippen molar-refractivity contribution in [3.63, 3.8) is 0 Å². The van der Waals surface area contributed by atoms with Gasteiger partial charge in [0.15, 0.2) is 0 Å². The lowest BCUT2D eigenvalue weighted by Crippen LogP contribution is -2.48. The summed E-state index contributed by atoms with van der Waals surface area (Å²) in [6.45, 7) is 5.87. The SMILES string of the molecule is C[C@@H]1CN(S(=O)(=O)c2cc(C(=O)NCCCN3CCCC3=O)ccc2Cl)C[C@@H](C)O1. The zero-order valence-corrected chi connectivity index (χ0v) is 18.8. The smallest absolute Gasteiger partial charge is 0.251 e. The number of benzene rings is 1. The molecule has 166 valence electrons. The van der Waals surface area contributed by atoms with Crippen molar-refractivity contribution in [2.75, 3.05) is 32.7 Å². The van der Waals surface area contributed by atoms with Crippen LogP contribution < -0.4 is 5.32 Å². The van der Waals surface area contributed by atoms with Gasteiger partial charge in [-0.05, 0) is 44.9 Å². The van der Waals surface area contributed by atoms with Gasteiger partial charge in [-0.15, -0.1) is 0 Å². The minimum Gasteiger partial charge on any atom is -0.373 e. The molecule has 0 unspecified atom stereocenters. The van der Waals surface area contributed by atoms with Gasteiger partial charge in [0.25, 0.3) is 5.91 Å². The van der Waals surface area contributed by atoms with E-state index in [0.29, 0.717) is 25.9 Å². The highest BCUT2D eigenvalue weighted by atomic mass is 35.5. The normalized spacial score (nSPS) is 23.0. The summed E-state index contributed by atoms with van der Waals surface area (Å²) in [6.07, 6.45) is 1.66. The Kier molecular flexibility index (Phi) is 7.38. The summed E-state index contributed by atoms with van der Waals surface area (Å²) < 4.78 is 33.2. The van der Waals surface area contributed by atoms with E-state index in [4.69, 9.17) is 16.3 Å². The first-order valence-electron chi connectivity index (χ1n) is 10.2. The highest BCUT2D eigenvalue weighted by Gasteiger charge is 2.33. The molecule has 0 radical (unpaired) electrons. The minimum atomic E-state index is -3.86. The standard InChI is InChI=1S/C20H28ClN3O5S/c1-14-12-24(13-15(2)29-14)30(27,28)18-11-16(6-7-17(18)21)20(26)22-8-4-10-23-9-3-5-19(23)25/h6-7,11,14-15H,3-5,8-10,12-13H2,1-2H3,(H,22,26)/t14-,15-/m1/s1. The van der Waals surface area contributed by atoms with Crippen LogP contribution in [-0.4, -0.2) is 74.4 Å². The van der Waals surface area contributed by atoms with Crippen LogP contribution in [0.2, 0.25) is 5.02 Å². The molecule has 2 amide bonds. The quantitative estimate of drug-likeness (QED) is 0.630. The molecule has 0 saturated carbocycles. The molecule has 2 heterocycles. The lowest BCUT2D eigenvalue weighted by Gasteiger charge is -2.34. The van der Waals surface area contributed by atoms with Crippen LogP contribution in [0.25, 0.3) is 0 Å². The molecular weight excluding hydrogens is 430 g/mol. The average molecular weight is 458 g/mol. The van der Waals surface area contributed by atoms with Crippen molar-refractivity contribution in [1.29, 1.82) is 0 Å². The number of sulfonamides is 1. The monoisotopic (exact) mass is 457 g/mol. The molecule has 3 rings (SSSR count). The Balaban J connectivity index is 1.65. The number of nitrogens with one attached hydrogen (secondary N) is 1. The van der Waals surface area contributed by atoms with Gasteiger partial charge in [-0.2, -0.15) is 4.31 Å². The fraction of sp³-hybridized carbons (Fsp3) is 0.600. The third-order valence-corrected chi connectivity index (χ3v) is 7.57. The van der Waals surface area contributed by atoms with E-state index in [-0.39, 0.29) is 52.6 Å². The van der Waals surface area contributed by atoms with Gasteiger partial charge in [0, 0.05) is 44.7 Å². The summed E-state index contributed by atoms with van der Waals surface area (Å²) in [6, 6.07) is 4.26. The molecule has 0 spiro atoms. The summed E-state index contributed by atoms with van der Waals surface area (Å²) in [7, 11) is -3.86. The number of nitrogens with zero attached hydrogens (tertiary/aromatic N) is 2. The second kappa shape index (κ2) is 9.64. The van der Waals surface area contributed by atoms with Crippen molar-refractivity contribution >= 4 is 33.4 Å². The average Bonchev–Trinajstić information content (AvgIpc) is 3.09. The van der Waals surface area contributed by atoms with Crippen LogP contribution in [0.1, 0.15) is 43.5 Å². The molecule has 8 nitrogen and oxygen atoms in total. The summed E-state index contributed by atoms with van der Waals surface area (Å²) in [5.74, 6) is -0.222. The third kappa shape index (κ3) is 5.32. The molecule has 2 aliphatic rings. The first-order valence-corrected chi connectivity index (χ1v) is 12.0. The van der Waals surface area contributed by atoms with Crippen LogP contribution in [0, 0.1) is 0 Å². The number of hydrogen-bond acceptors (Lipinski definition) is 5. The number of halogens is 1. The number of carbonyl (C=O) groups excluding carboxylic acids is 2. The maximum Gasteiger partial charge on any atom is 0.251 e. The fourth-order valence-electron chi connectivity index (χ4n) is 3.82. The number of ether oxygens (including phenoxy) is 1. The van der Waals surface area contributed by atoms with Gasteiger partial charge in [0.05, 0.1) is 17.2 Å². The van der Waals surface area contributed by atoms with Crippen LogP contribution in [0.4, 0.5) is 0 Å². The Morgan fingerprint density at radius 2 is 1.97 bits per heavy atom. The Morgan fingerprint density at radius 1 is 1.27 bits per heavy atom. The third-order valence-electron chi connectivity index (χ3n) is 5.26. The van der Waals surface area contributed by atoms with Gasteiger partial charge in [0.1, 0.15) is 4.90 Å². The second-order valence-electron chi connectivity index (χ2n) is 7.82. The van der Waals surface area contributed by atoms with E-state index in [9.17, 15) is 18.0 Å². The van der Waals surface area contributed by atoms with Gasteiger partial charge in [0.2, 0.25) is 15.9 Å². The molecule has 0 bridgehead atoms. The van der Waals surface area contributed by atoms with E-state index < -0.39 is 10.0 Å². The summed E-state index contributed by atoms with van der Waals surface area (Å²) in [5, 5.41) is 2.86. The van der Waals surface area contributed by atoms with Crippen LogP contribution in [0.5, 0.6) is 0 Å². The lowest BCUT2D eigenvalue weighted by atomic mass is 10.2. The molecule has 2 saturated heterocycles. The fourth-order valence-corrected chi connectivity index (χ4v) is 5.91. The highest BCUT2D eigenvalue weighted by Crippen LogP contribution is 2.28. The summed E-state index contributed by atoms with van der Waals surface area (Å²) in [4.78, 5) is 25.8. The molecule has 0 aromatic heterocycles. The number of hydrogen-bond donors (Lipinski definition) is 1. The van der Waals surface area contributed by atoms with Gasteiger partial charge in [-0.25, -0.2) is 8.42 Å².